The molecule has 1 N–H and O–H groups in total. The number of thiophene rings is 1. The minimum absolute atomic E-state index is 0.0572. The number of carbonyl (C=O) groups excluding carboxylic acids is 1. The van der Waals surface area contributed by atoms with Crippen molar-refractivity contribution in [1.29, 1.82) is 0 Å². The molecule has 9 heteroatoms. The van der Waals surface area contributed by atoms with Crippen LogP contribution in [0.15, 0.2) is 39.9 Å². The molecule has 1 aromatic carbocycles. The summed E-state index contributed by atoms with van der Waals surface area (Å²) in [4.78, 5) is 11.8. The first-order valence-electron chi connectivity index (χ1n) is 5.94. The summed E-state index contributed by atoms with van der Waals surface area (Å²) in [6.45, 7) is 0. The number of esters is 1. The summed E-state index contributed by atoms with van der Waals surface area (Å²) in [7, 11) is -3.05. The van der Waals surface area contributed by atoms with Crippen LogP contribution in [-0.2, 0) is 19.6 Å². The largest absolute Gasteiger partial charge is 0.468 e. The fourth-order valence-electron chi connectivity index (χ4n) is 1.72. The summed E-state index contributed by atoms with van der Waals surface area (Å²) in [5.74, 6) is -2.78. The second-order valence-electron chi connectivity index (χ2n) is 4.18. The number of methoxy groups -OCH3 is 1. The average molecular weight is 347 g/mol. The van der Waals surface area contributed by atoms with E-state index in [-0.39, 0.29) is 4.21 Å². The van der Waals surface area contributed by atoms with Crippen LogP contribution in [-0.4, -0.2) is 21.5 Å². The van der Waals surface area contributed by atoms with Gasteiger partial charge >= 0.3 is 5.97 Å². The summed E-state index contributed by atoms with van der Waals surface area (Å²) < 4.78 is 57.9. The maximum atomic E-state index is 13.8. The van der Waals surface area contributed by atoms with Gasteiger partial charge in [0.15, 0.2) is 0 Å². The lowest BCUT2D eigenvalue weighted by Crippen LogP contribution is -2.34. The van der Waals surface area contributed by atoms with E-state index in [1.807, 2.05) is 4.72 Å². The van der Waals surface area contributed by atoms with Crippen molar-refractivity contribution in [1.82, 2.24) is 4.72 Å². The maximum Gasteiger partial charge on any atom is 0.328 e. The maximum absolute atomic E-state index is 13.8. The van der Waals surface area contributed by atoms with E-state index < -0.39 is 39.2 Å². The minimum Gasteiger partial charge on any atom is -0.468 e. The molecule has 0 amide bonds. The molecule has 1 heterocycles. The third kappa shape index (κ3) is 3.49. The van der Waals surface area contributed by atoms with Crippen molar-refractivity contribution in [2.75, 3.05) is 7.11 Å². The van der Waals surface area contributed by atoms with Gasteiger partial charge in [0.05, 0.1) is 7.11 Å². The molecule has 2 aromatic rings. The predicted octanol–water partition coefficient (Wildman–Crippen LogP) is 2.22. The van der Waals surface area contributed by atoms with E-state index in [1.54, 1.807) is 0 Å². The molecule has 0 bridgehead atoms. The molecule has 2 rings (SSSR count). The molecule has 1 aromatic heterocycles. The van der Waals surface area contributed by atoms with Crippen LogP contribution in [0, 0.1) is 11.6 Å². The van der Waals surface area contributed by atoms with Crippen molar-refractivity contribution in [3.8, 4) is 0 Å². The fraction of sp³-hybridized carbons (Fsp3) is 0.154. The van der Waals surface area contributed by atoms with Crippen LogP contribution in [0.2, 0.25) is 0 Å². The standard InChI is InChI=1S/C13H11F2NO4S2/c1-20-13(17)12(9-7-8(14)4-5-10(9)15)16-22(18,19)11-3-2-6-21-11/h2-7,12,16H,1H3/t12-/m1/s1. The van der Waals surface area contributed by atoms with Crippen LogP contribution in [0.1, 0.15) is 11.6 Å². The van der Waals surface area contributed by atoms with E-state index in [4.69, 9.17) is 0 Å². The summed E-state index contributed by atoms with van der Waals surface area (Å²) >= 11 is 0.923. The highest BCUT2D eigenvalue weighted by molar-refractivity contribution is 7.91. The smallest absolute Gasteiger partial charge is 0.328 e. The quantitative estimate of drug-likeness (QED) is 0.842. The zero-order valence-electron chi connectivity index (χ0n) is 11.2. The van der Waals surface area contributed by atoms with Crippen LogP contribution in [0.3, 0.4) is 0 Å². The summed E-state index contributed by atoms with van der Waals surface area (Å²) in [6, 6.07) is 3.56. The molecule has 0 aliphatic rings. The van der Waals surface area contributed by atoms with Crippen molar-refractivity contribution in [3.63, 3.8) is 0 Å². The Morgan fingerprint density at radius 3 is 2.64 bits per heavy atom. The highest BCUT2D eigenvalue weighted by Gasteiger charge is 2.31. The molecule has 0 aliphatic heterocycles. The number of rotatable bonds is 5. The number of carbonyl (C=O) groups is 1. The van der Waals surface area contributed by atoms with Gasteiger partial charge in [-0.25, -0.2) is 22.0 Å². The van der Waals surface area contributed by atoms with Crippen molar-refractivity contribution in [2.45, 2.75) is 10.3 Å². The normalized spacial score (nSPS) is 12.9. The van der Waals surface area contributed by atoms with Gasteiger partial charge in [-0.05, 0) is 29.6 Å². The molecule has 0 fully saturated rings. The number of benzene rings is 1. The molecule has 22 heavy (non-hydrogen) atoms. The van der Waals surface area contributed by atoms with E-state index in [2.05, 4.69) is 4.74 Å². The van der Waals surface area contributed by atoms with Gasteiger partial charge in [0.25, 0.3) is 10.0 Å². The first-order chi connectivity index (χ1) is 10.3. The fourth-order valence-corrected chi connectivity index (χ4v) is 3.90. The lowest BCUT2D eigenvalue weighted by molar-refractivity contribution is -0.142. The second-order valence-corrected chi connectivity index (χ2v) is 7.06. The number of hydrogen-bond acceptors (Lipinski definition) is 5. The van der Waals surface area contributed by atoms with Crippen molar-refractivity contribution in [3.05, 3.63) is 52.9 Å². The van der Waals surface area contributed by atoms with Crippen molar-refractivity contribution in [2.24, 2.45) is 0 Å². The average Bonchev–Trinajstić information content (AvgIpc) is 3.02. The first kappa shape index (κ1) is 16.5. The summed E-state index contributed by atoms with van der Waals surface area (Å²) in [6.07, 6.45) is 0. The minimum atomic E-state index is -4.07. The number of halogens is 2. The molecule has 5 nitrogen and oxygen atoms in total. The van der Waals surface area contributed by atoms with Crippen LogP contribution >= 0.6 is 11.3 Å². The highest BCUT2D eigenvalue weighted by atomic mass is 32.2. The Bertz CT molecular complexity index is 775. The van der Waals surface area contributed by atoms with Crippen LogP contribution in [0.25, 0.3) is 0 Å². The Balaban J connectivity index is 2.44. The third-order valence-electron chi connectivity index (χ3n) is 2.74. The van der Waals surface area contributed by atoms with Gasteiger partial charge in [0.1, 0.15) is 21.9 Å². The zero-order chi connectivity index (χ0) is 16.3. The van der Waals surface area contributed by atoms with Gasteiger partial charge in [-0.3, -0.25) is 0 Å². The first-order valence-corrected chi connectivity index (χ1v) is 8.30. The second kappa shape index (κ2) is 6.51. The van der Waals surface area contributed by atoms with Gasteiger partial charge in [-0.15, -0.1) is 11.3 Å². The number of ether oxygens (including phenoxy) is 1. The third-order valence-corrected chi connectivity index (χ3v) is 5.56. The Morgan fingerprint density at radius 1 is 1.32 bits per heavy atom. The summed E-state index contributed by atoms with van der Waals surface area (Å²) in [5.41, 5.74) is -0.452. The predicted molar refractivity (Wildman–Crippen MR) is 75.8 cm³/mol. The van der Waals surface area contributed by atoms with Gasteiger partial charge < -0.3 is 4.74 Å². The lowest BCUT2D eigenvalue weighted by atomic mass is 10.1. The molecule has 1 atom stereocenters. The van der Waals surface area contributed by atoms with E-state index >= 15 is 0 Å². The molecule has 0 saturated heterocycles. The van der Waals surface area contributed by atoms with Gasteiger partial charge in [-0.2, -0.15) is 4.72 Å². The Morgan fingerprint density at radius 2 is 2.05 bits per heavy atom. The molecule has 118 valence electrons. The van der Waals surface area contributed by atoms with E-state index in [0.29, 0.717) is 0 Å². The molecule has 0 saturated carbocycles. The van der Waals surface area contributed by atoms with Crippen molar-refractivity contribution >= 4 is 27.3 Å². The summed E-state index contributed by atoms with van der Waals surface area (Å²) in [5, 5.41) is 1.53. The van der Waals surface area contributed by atoms with Gasteiger partial charge in [0, 0.05) is 5.56 Å². The zero-order valence-corrected chi connectivity index (χ0v) is 12.9. The van der Waals surface area contributed by atoms with Crippen molar-refractivity contribution < 1.29 is 26.7 Å². The number of hydrogen-bond donors (Lipinski definition) is 1. The molecular formula is C13H11F2NO4S2. The van der Waals surface area contributed by atoms with Gasteiger partial charge in [0.2, 0.25) is 0 Å². The monoisotopic (exact) mass is 347 g/mol. The van der Waals surface area contributed by atoms with E-state index in [0.717, 1.165) is 36.6 Å². The van der Waals surface area contributed by atoms with E-state index in [9.17, 15) is 22.0 Å². The SMILES string of the molecule is COC(=O)[C@H](NS(=O)(=O)c1cccs1)c1cc(F)ccc1F. The number of nitrogens with one attached hydrogen (secondary N) is 1. The van der Waals surface area contributed by atoms with E-state index in [1.165, 1.54) is 17.5 Å². The molecular weight excluding hydrogens is 336 g/mol. The Labute approximate surface area is 129 Å². The Hall–Kier alpha value is -1.84. The highest BCUT2D eigenvalue weighted by Crippen LogP contribution is 2.24. The Kier molecular flexibility index (Phi) is 4.89. The molecule has 0 radical (unpaired) electrons. The van der Waals surface area contributed by atoms with Crippen LogP contribution in [0.4, 0.5) is 8.78 Å². The molecule has 0 unspecified atom stereocenters. The number of sulfonamides is 1. The molecule has 0 aliphatic carbocycles. The van der Waals surface area contributed by atoms with Gasteiger partial charge in [-0.1, -0.05) is 6.07 Å². The topological polar surface area (TPSA) is 72.5 Å². The van der Waals surface area contributed by atoms with Crippen LogP contribution < -0.4 is 4.72 Å². The lowest BCUT2D eigenvalue weighted by Gasteiger charge is -2.17. The molecule has 0 spiro atoms. The van der Waals surface area contributed by atoms with Crippen LogP contribution in [0.5, 0.6) is 0 Å².